The molecule has 2 aromatic rings. The second-order valence-corrected chi connectivity index (χ2v) is 8.84. The van der Waals surface area contributed by atoms with E-state index >= 15 is 0 Å². The maximum Gasteiger partial charge on any atom is 0.255 e. The van der Waals surface area contributed by atoms with Crippen molar-refractivity contribution >= 4 is 35.0 Å². The summed E-state index contributed by atoms with van der Waals surface area (Å²) in [7, 11) is 2.68. The van der Waals surface area contributed by atoms with Crippen molar-refractivity contribution in [1.29, 1.82) is 0 Å². The summed E-state index contributed by atoms with van der Waals surface area (Å²) in [5.74, 6) is -0.835. The number of aliphatic hydroxyl groups is 2. The summed E-state index contributed by atoms with van der Waals surface area (Å²) in [6.07, 6.45) is -4.90. The molecule has 0 radical (unpaired) electrons. The predicted molar refractivity (Wildman–Crippen MR) is 131 cm³/mol. The van der Waals surface area contributed by atoms with Gasteiger partial charge < -0.3 is 39.8 Å². The Balaban J connectivity index is 1.72. The lowest BCUT2D eigenvalue weighted by Gasteiger charge is -2.42. The lowest BCUT2D eigenvalue weighted by atomic mass is 9.96. The summed E-state index contributed by atoms with van der Waals surface area (Å²) in [5, 5.41) is 26.1. The highest BCUT2D eigenvalue weighted by Crippen LogP contribution is 2.43. The number of amides is 2. The number of hydrogen-bond acceptors (Lipinski definition) is 8. The summed E-state index contributed by atoms with van der Waals surface area (Å²) < 4.78 is 22.0. The van der Waals surface area contributed by atoms with Gasteiger partial charge in [0.2, 0.25) is 5.91 Å². The van der Waals surface area contributed by atoms with Gasteiger partial charge in [-0.2, -0.15) is 0 Å². The SMILES string of the molecule is COc1c(C(=O)NC[C@H]2O[C@H](OC)[C@H](NC(C)=O)[C@@H](O)[C@@H]2O)cc(Cl)c(OCc2ccccc2)c1Cl. The number of aliphatic hydroxyl groups excluding tert-OH is 2. The Morgan fingerprint density at radius 1 is 1.08 bits per heavy atom. The first-order valence-corrected chi connectivity index (χ1v) is 11.8. The number of rotatable bonds is 9. The summed E-state index contributed by atoms with van der Waals surface area (Å²) in [4.78, 5) is 24.4. The van der Waals surface area contributed by atoms with Gasteiger partial charge in [0.05, 0.1) is 17.7 Å². The molecule has 36 heavy (non-hydrogen) atoms. The van der Waals surface area contributed by atoms with Crippen molar-refractivity contribution in [3.63, 3.8) is 0 Å². The molecule has 196 valence electrons. The second kappa shape index (κ2) is 12.6. The topological polar surface area (TPSA) is 136 Å². The fourth-order valence-electron chi connectivity index (χ4n) is 3.79. The fourth-order valence-corrected chi connectivity index (χ4v) is 4.43. The first-order chi connectivity index (χ1) is 17.2. The van der Waals surface area contributed by atoms with Crippen LogP contribution in [0, 0.1) is 0 Å². The maximum absolute atomic E-state index is 13.0. The zero-order valence-corrected chi connectivity index (χ0v) is 21.4. The minimum Gasteiger partial charge on any atom is -0.494 e. The zero-order valence-electron chi connectivity index (χ0n) is 19.9. The molecule has 0 aromatic heterocycles. The van der Waals surface area contributed by atoms with Gasteiger partial charge in [-0.15, -0.1) is 0 Å². The Hall–Kier alpha value is -2.60. The monoisotopic (exact) mass is 542 g/mol. The molecular formula is C24H28Cl2N2O8. The van der Waals surface area contributed by atoms with E-state index in [1.165, 1.54) is 27.2 Å². The van der Waals surface area contributed by atoms with E-state index in [1.807, 2.05) is 30.3 Å². The first-order valence-electron chi connectivity index (χ1n) is 11.0. The van der Waals surface area contributed by atoms with E-state index in [0.717, 1.165) is 5.56 Å². The highest BCUT2D eigenvalue weighted by molar-refractivity contribution is 6.39. The molecule has 0 spiro atoms. The number of halogens is 2. The summed E-state index contributed by atoms with van der Waals surface area (Å²) >= 11 is 12.8. The average Bonchev–Trinajstić information content (AvgIpc) is 2.86. The molecule has 0 unspecified atom stereocenters. The van der Waals surface area contributed by atoms with Crippen molar-refractivity contribution in [2.45, 2.75) is 44.2 Å². The molecule has 3 rings (SSSR count). The average molecular weight is 543 g/mol. The summed E-state index contributed by atoms with van der Waals surface area (Å²) in [6.45, 7) is 1.27. The number of carbonyl (C=O) groups is 2. The van der Waals surface area contributed by atoms with E-state index in [9.17, 15) is 19.8 Å². The van der Waals surface area contributed by atoms with Gasteiger partial charge >= 0.3 is 0 Å². The number of carbonyl (C=O) groups excluding carboxylic acids is 2. The van der Waals surface area contributed by atoms with E-state index in [0.29, 0.717) is 0 Å². The predicted octanol–water partition coefficient (Wildman–Crippen LogP) is 1.91. The van der Waals surface area contributed by atoms with Gasteiger partial charge in [-0.3, -0.25) is 9.59 Å². The molecule has 2 amide bonds. The molecule has 4 N–H and O–H groups in total. The quantitative estimate of drug-likeness (QED) is 0.377. The van der Waals surface area contributed by atoms with Crippen molar-refractivity contribution in [3.8, 4) is 11.5 Å². The van der Waals surface area contributed by atoms with Crippen LogP contribution in [0.2, 0.25) is 10.0 Å². The van der Waals surface area contributed by atoms with E-state index in [1.54, 1.807) is 0 Å². The van der Waals surface area contributed by atoms with E-state index in [4.69, 9.17) is 42.1 Å². The summed E-state index contributed by atoms with van der Waals surface area (Å²) in [5.41, 5.74) is 0.929. The third kappa shape index (κ3) is 6.39. The third-order valence-electron chi connectivity index (χ3n) is 5.57. The van der Waals surface area contributed by atoms with Gasteiger partial charge in [-0.05, 0) is 11.6 Å². The van der Waals surface area contributed by atoms with Crippen LogP contribution in [-0.4, -0.2) is 73.4 Å². The molecule has 1 saturated heterocycles. The van der Waals surface area contributed by atoms with Crippen LogP contribution < -0.4 is 20.1 Å². The highest BCUT2D eigenvalue weighted by atomic mass is 35.5. The minimum absolute atomic E-state index is 0.0213. The zero-order chi connectivity index (χ0) is 26.4. The van der Waals surface area contributed by atoms with Gasteiger partial charge in [0, 0.05) is 20.6 Å². The van der Waals surface area contributed by atoms with Gasteiger partial charge in [0.25, 0.3) is 5.91 Å². The van der Waals surface area contributed by atoms with Crippen molar-refractivity contribution < 1.29 is 38.7 Å². The Morgan fingerprint density at radius 2 is 1.78 bits per heavy atom. The van der Waals surface area contributed by atoms with Crippen molar-refractivity contribution in [1.82, 2.24) is 10.6 Å². The highest BCUT2D eigenvalue weighted by Gasteiger charge is 2.45. The Kier molecular flexibility index (Phi) is 9.77. The molecule has 2 aromatic carbocycles. The van der Waals surface area contributed by atoms with Crippen LogP contribution in [-0.2, 0) is 20.9 Å². The molecule has 12 heteroatoms. The van der Waals surface area contributed by atoms with Crippen molar-refractivity contribution in [2.24, 2.45) is 0 Å². The van der Waals surface area contributed by atoms with Crippen LogP contribution >= 0.6 is 23.2 Å². The van der Waals surface area contributed by atoms with Gasteiger partial charge in [-0.25, -0.2) is 0 Å². The Labute approximate surface area is 218 Å². The van der Waals surface area contributed by atoms with Crippen LogP contribution in [0.1, 0.15) is 22.8 Å². The fraction of sp³-hybridized carbons (Fsp3) is 0.417. The molecule has 1 aliphatic rings. The lowest BCUT2D eigenvalue weighted by molar-refractivity contribution is -0.254. The molecule has 0 saturated carbocycles. The Morgan fingerprint density at radius 3 is 2.39 bits per heavy atom. The number of ether oxygens (including phenoxy) is 4. The molecular weight excluding hydrogens is 515 g/mol. The van der Waals surface area contributed by atoms with Gasteiger partial charge in [0.1, 0.15) is 36.0 Å². The largest absolute Gasteiger partial charge is 0.494 e. The smallest absolute Gasteiger partial charge is 0.255 e. The van der Waals surface area contributed by atoms with Crippen molar-refractivity contribution in [2.75, 3.05) is 20.8 Å². The standard InChI is InChI=1S/C24H28Cl2N2O8/c1-12(29)28-18-20(31)19(30)16(36-24(18)34-3)10-27-23(32)14-9-15(25)22(17(26)21(14)33-2)35-11-13-7-5-4-6-8-13/h4-9,16,18-20,24,30-31H,10-11H2,1-3H3,(H,27,32)(H,28,29)/t16-,18-,19-,20-,24+/m1/s1. The van der Waals surface area contributed by atoms with Gasteiger partial charge in [-0.1, -0.05) is 53.5 Å². The van der Waals surface area contributed by atoms with Crippen LogP contribution in [0.3, 0.4) is 0 Å². The molecule has 0 bridgehead atoms. The number of methoxy groups -OCH3 is 2. The minimum atomic E-state index is -1.42. The molecule has 1 heterocycles. The van der Waals surface area contributed by atoms with E-state index in [2.05, 4.69) is 10.6 Å². The number of nitrogens with one attached hydrogen (secondary N) is 2. The normalized spacial score (nSPS) is 23.6. The summed E-state index contributed by atoms with van der Waals surface area (Å²) in [6, 6.07) is 9.76. The third-order valence-corrected chi connectivity index (χ3v) is 6.20. The number of benzene rings is 2. The molecule has 5 atom stereocenters. The van der Waals surface area contributed by atoms with Gasteiger partial charge in [0.15, 0.2) is 17.8 Å². The van der Waals surface area contributed by atoms with Crippen LogP contribution in [0.15, 0.2) is 36.4 Å². The van der Waals surface area contributed by atoms with E-state index < -0.39 is 42.5 Å². The number of hydrogen-bond donors (Lipinski definition) is 4. The molecule has 10 nitrogen and oxygen atoms in total. The second-order valence-electron chi connectivity index (χ2n) is 8.05. The van der Waals surface area contributed by atoms with Crippen LogP contribution in [0.4, 0.5) is 0 Å². The lowest BCUT2D eigenvalue weighted by Crippen LogP contribution is -2.65. The van der Waals surface area contributed by atoms with Crippen LogP contribution in [0.5, 0.6) is 11.5 Å². The van der Waals surface area contributed by atoms with Crippen molar-refractivity contribution in [3.05, 3.63) is 57.6 Å². The van der Waals surface area contributed by atoms with Crippen LogP contribution in [0.25, 0.3) is 0 Å². The molecule has 0 aliphatic carbocycles. The maximum atomic E-state index is 13.0. The molecule has 1 aliphatic heterocycles. The molecule has 1 fully saturated rings. The Bertz CT molecular complexity index is 1070. The first kappa shape index (κ1) is 28.0. The van der Waals surface area contributed by atoms with E-state index in [-0.39, 0.29) is 40.3 Å².